The fourth-order valence-electron chi connectivity index (χ4n) is 2.48. The third kappa shape index (κ3) is 1.79. The molecule has 3 heteroatoms. The number of hydrogen-bond donors (Lipinski definition) is 0. The molecule has 0 unspecified atom stereocenters. The van der Waals surface area contributed by atoms with Crippen molar-refractivity contribution in [3.05, 3.63) is 59.6 Å². The first-order chi connectivity index (χ1) is 9.81. The van der Waals surface area contributed by atoms with E-state index in [1.165, 1.54) is 15.6 Å². The van der Waals surface area contributed by atoms with Crippen molar-refractivity contribution in [1.29, 1.82) is 0 Å². The van der Waals surface area contributed by atoms with Gasteiger partial charge in [0.15, 0.2) is 0 Å². The van der Waals surface area contributed by atoms with Gasteiger partial charge in [-0.1, -0.05) is 30.3 Å². The molecule has 20 heavy (non-hydrogen) atoms. The van der Waals surface area contributed by atoms with Gasteiger partial charge in [-0.05, 0) is 41.3 Å². The van der Waals surface area contributed by atoms with Gasteiger partial charge in [0.2, 0.25) is 0 Å². The van der Waals surface area contributed by atoms with E-state index in [4.69, 9.17) is 9.97 Å². The van der Waals surface area contributed by atoms with E-state index >= 15 is 0 Å². The van der Waals surface area contributed by atoms with E-state index in [1.807, 2.05) is 13.0 Å². The molecule has 0 radical (unpaired) electrons. The second-order valence-corrected chi connectivity index (χ2v) is 5.77. The number of rotatable bonds is 1. The van der Waals surface area contributed by atoms with Crippen LogP contribution in [0.1, 0.15) is 5.69 Å². The molecule has 0 aliphatic carbocycles. The van der Waals surface area contributed by atoms with Crippen molar-refractivity contribution in [2.45, 2.75) is 6.92 Å². The quantitative estimate of drug-likeness (QED) is 0.466. The molecule has 2 aromatic carbocycles. The Kier molecular flexibility index (Phi) is 2.54. The monoisotopic (exact) mass is 276 g/mol. The van der Waals surface area contributed by atoms with Crippen LogP contribution in [0, 0.1) is 6.92 Å². The van der Waals surface area contributed by atoms with E-state index < -0.39 is 0 Å². The maximum absolute atomic E-state index is 4.82. The maximum Gasteiger partial charge on any atom is 0.102 e. The van der Waals surface area contributed by atoms with Crippen LogP contribution in [0.3, 0.4) is 0 Å². The van der Waals surface area contributed by atoms with E-state index in [-0.39, 0.29) is 0 Å². The van der Waals surface area contributed by atoms with E-state index in [0.29, 0.717) is 0 Å². The molecule has 0 atom stereocenters. The minimum Gasteiger partial charge on any atom is -0.249 e. The predicted octanol–water partition coefficient (Wildman–Crippen LogP) is 4.82. The van der Waals surface area contributed by atoms with Gasteiger partial charge in [0, 0.05) is 0 Å². The smallest absolute Gasteiger partial charge is 0.102 e. The summed E-state index contributed by atoms with van der Waals surface area (Å²) in [7, 11) is 0. The summed E-state index contributed by atoms with van der Waals surface area (Å²) in [5, 5.41) is 4.48. The van der Waals surface area contributed by atoms with Crippen LogP contribution in [0.2, 0.25) is 0 Å². The molecule has 4 rings (SSSR count). The molecule has 0 saturated heterocycles. The van der Waals surface area contributed by atoms with Gasteiger partial charge < -0.3 is 0 Å². The third-order valence-electron chi connectivity index (χ3n) is 3.46. The Hall–Kier alpha value is -2.26. The van der Waals surface area contributed by atoms with Gasteiger partial charge in [-0.15, -0.1) is 11.3 Å². The van der Waals surface area contributed by atoms with Crippen LogP contribution in [-0.2, 0) is 0 Å². The van der Waals surface area contributed by atoms with Crippen LogP contribution in [0.15, 0.2) is 53.9 Å². The minimum absolute atomic E-state index is 0.956. The molecule has 4 aromatic rings. The molecule has 0 aliphatic rings. The van der Waals surface area contributed by atoms with Crippen LogP contribution < -0.4 is 0 Å². The van der Waals surface area contributed by atoms with Crippen molar-refractivity contribution >= 4 is 33.1 Å². The highest BCUT2D eigenvalue weighted by atomic mass is 32.1. The standard InChI is InChI=1S/C17H12N2S/c1-11-17(16-7-4-8-20-16)19-15-10-13-6-3-2-5-12(13)9-14(15)18-11/h2-10H,1H3. The summed E-state index contributed by atoms with van der Waals surface area (Å²) < 4.78 is 0. The highest BCUT2D eigenvalue weighted by Gasteiger charge is 2.09. The van der Waals surface area contributed by atoms with Crippen LogP contribution >= 0.6 is 11.3 Å². The van der Waals surface area contributed by atoms with Gasteiger partial charge in [-0.3, -0.25) is 0 Å². The summed E-state index contributed by atoms with van der Waals surface area (Å²) in [6.45, 7) is 2.02. The summed E-state index contributed by atoms with van der Waals surface area (Å²) in [6, 6.07) is 16.7. The second kappa shape index (κ2) is 4.39. The Labute approximate surface area is 120 Å². The van der Waals surface area contributed by atoms with Crippen molar-refractivity contribution in [1.82, 2.24) is 9.97 Å². The second-order valence-electron chi connectivity index (χ2n) is 4.82. The van der Waals surface area contributed by atoms with Gasteiger partial charge in [0.1, 0.15) is 5.69 Å². The Morgan fingerprint density at radius 2 is 1.55 bits per heavy atom. The van der Waals surface area contributed by atoms with E-state index in [9.17, 15) is 0 Å². The summed E-state index contributed by atoms with van der Waals surface area (Å²) >= 11 is 1.70. The SMILES string of the molecule is Cc1nc2cc3ccccc3cc2nc1-c1cccs1. The van der Waals surface area contributed by atoms with E-state index in [2.05, 4.69) is 47.8 Å². The maximum atomic E-state index is 4.82. The Morgan fingerprint density at radius 1 is 0.850 bits per heavy atom. The first kappa shape index (κ1) is 11.6. The summed E-state index contributed by atoms with van der Waals surface area (Å²) in [6.07, 6.45) is 0. The lowest BCUT2D eigenvalue weighted by molar-refractivity contribution is 1.20. The lowest BCUT2D eigenvalue weighted by Gasteiger charge is -2.06. The number of benzene rings is 2. The van der Waals surface area contributed by atoms with Crippen molar-refractivity contribution < 1.29 is 0 Å². The van der Waals surface area contributed by atoms with Gasteiger partial charge in [-0.2, -0.15) is 0 Å². The number of thiophene rings is 1. The van der Waals surface area contributed by atoms with Crippen LogP contribution in [0.4, 0.5) is 0 Å². The lowest BCUT2D eigenvalue weighted by atomic mass is 10.1. The van der Waals surface area contributed by atoms with Crippen molar-refractivity contribution in [2.24, 2.45) is 0 Å². The number of aromatic nitrogens is 2. The summed E-state index contributed by atoms with van der Waals surface area (Å²) in [5.41, 5.74) is 3.89. The molecule has 2 heterocycles. The molecule has 2 nitrogen and oxygen atoms in total. The zero-order valence-corrected chi connectivity index (χ0v) is 11.8. The molecule has 0 N–H and O–H groups in total. The molecular formula is C17H12N2S. The summed E-state index contributed by atoms with van der Waals surface area (Å²) in [5.74, 6) is 0. The van der Waals surface area contributed by atoms with Crippen molar-refractivity contribution in [2.75, 3.05) is 0 Å². The number of nitrogens with zero attached hydrogens (tertiary/aromatic N) is 2. The molecule has 96 valence electrons. The van der Waals surface area contributed by atoms with Crippen LogP contribution in [0.25, 0.3) is 32.4 Å². The topological polar surface area (TPSA) is 25.8 Å². The molecular weight excluding hydrogens is 264 g/mol. The zero-order valence-electron chi connectivity index (χ0n) is 11.0. The molecule has 0 aliphatic heterocycles. The first-order valence-electron chi connectivity index (χ1n) is 6.52. The number of hydrogen-bond acceptors (Lipinski definition) is 3. The Balaban J connectivity index is 2.05. The minimum atomic E-state index is 0.956. The van der Waals surface area contributed by atoms with Gasteiger partial charge >= 0.3 is 0 Å². The molecule has 0 saturated carbocycles. The van der Waals surface area contributed by atoms with Crippen LogP contribution in [-0.4, -0.2) is 9.97 Å². The first-order valence-corrected chi connectivity index (χ1v) is 7.40. The normalized spacial score (nSPS) is 11.2. The highest BCUT2D eigenvalue weighted by Crippen LogP contribution is 2.28. The largest absolute Gasteiger partial charge is 0.249 e. The predicted molar refractivity (Wildman–Crippen MR) is 85.1 cm³/mol. The van der Waals surface area contributed by atoms with E-state index in [0.717, 1.165) is 22.4 Å². The average molecular weight is 276 g/mol. The molecule has 0 spiro atoms. The Bertz CT molecular complexity index is 911. The van der Waals surface area contributed by atoms with Crippen molar-refractivity contribution in [3.8, 4) is 10.6 Å². The fraction of sp³-hybridized carbons (Fsp3) is 0.0588. The molecule has 0 amide bonds. The van der Waals surface area contributed by atoms with Gasteiger partial charge in [0.05, 0.1) is 21.6 Å². The third-order valence-corrected chi connectivity index (χ3v) is 4.34. The average Bonchev–Trinajstić information content (AvgIpc) is 2.98. The number of fused-ring (bicyclic) bond motifs is 2. The fourth-order valence-corrected chi connectivity index (χ4v) is 3.24. The Morgan fingerprint density at radius 3 is 2.20 bits per heavy atom. The number of aryl methyl sites for hydroxylation is 1. The van der Waals surface area contributed by atoms with Crippen LogP contribution in [0.5, 0.6) is 0 Å². The zero-order chi connectivity index (χ0) is 13.5. The van der Waals surface area contributed by atoms with Crippen molar-refractivity contribution in [3.63, 3.8) is 0 Å². The molecule has 0 fully saturated rings. The van der Waals surface area contributed by atoms with Gasteiger partial charge in [-0.25, -0.2) is 9.97 Å². The molecule has 2 aromatic heterocycles. The lowest BCUT2D eigenvalue weighted by Crippen LogP contribution is -1.93. The van der Waals surface area contributed by atoms with Gasteiger partial charge in [0.25, 0.3) is 0 Å². The van der Waals surface area contributed by atoms with E-state index in [1.54, 1.807) is 11.3 Å². The highest BCUT2D eigenvalue weighted by molar-refractivity contribution is 7.13. The molecule has 0 bridgehead atoms. The summed E-state index contributed by atoms with van der Waals surface area (Å²) in [4.78, 5) is 10.7.